The van der Waals surface area contributed by atoms with Crippen LogP contribution in [0.5, 0.6) is 11.5 Å². The maximum absolute atomic E-state index is 13.0. The largest absolute Gasteiger partial charge is 0.497 e. The van der Waals surface area contributed by atoms with E-state index in [1.54, 1.807) is 26.4 Å². The molecule has 1 aliphatic rings. The summed E-state index contributed by atoms with van der Waals surface area (Å²) in [6, 6.07) is 12.2. The van der Waals surface area contributed by atoms with Gasteiger partial charge in [-0.15, -0.1) is 0 Å². The molecule has 1 unspecified atom stereocenters. The average molecular weight is 373 g/mol. The number of carbonyl (C=O) groups excluding carboxylic acids is 1. The molecule has 2 aromatic carbocycles. The van der Waals surface area contributed by atoms with E-state index in [4.69, 9.17) is 9.47 Å². The van der Waals surface area contributed by atoms with Crippen LogP contribution in [0, 0.1) is 5.82 Å². The molecule has 0 aromatic heterocycles. The number of methoxy groups -OCH3 is 2. The van der Waals surface area contributed by atoms with Crippen molar-refractivity contribution in [2.75, 3.05) is 27.3 Å². The first-order valence-electron chi connectivity index (χ1n) is 9.18. The van der Waals surface area contributed by atoms with Crippen LogP contribution in [0.25, 0.3) is 0 Å². The Bertz CT molecular complexity index is 779. The fraction of sp³-hybridized carbons (Fsp3) is 0.381. The molecule has 1 amide bonds. The highest BCUT2D eigenvalue weighted by Gasteiger charge is 2.33. The molecule has 1 fully saturated rings. The van der Waals surface area contributed by atoms with Gasteiger partial charge in [0.15, 0.2) is 6.54 Å². The van der Waals surface area contributed by atoms with Crippen LogP contribution >= 0.6 is 0 Å². The number of hydrogen-bond donors (Lipinski definition) is 2. The van der Waals surface area contributed by atoms with Crippen molar-refractivity contribution < 1.29 is 23.6 Å². The van der Waals surface area contributed by atoms with Gasteiger partial charge in [0.1, 0.15) is 23.4 Å². The zero-order valence-corrected chi connectivity index (χ0v) is 15.8. The quantitative estimate of drug-likeness (QED) is 0.779. The summed E-state index contributed by atoms with van der Waals surface area (Å²) in [5.41, 5.74) is 1.96. The van der Waals surface area contributed by atoms with Crippen molar-refractivity contribution in [3.63, 3.8) is 0 Å². The number of amides is 1. The van der Waals surface area contributed by atoms with E-state index in [1.165, 1.54) is 17.0 Å². The highest BCUT2D eigenvalue weighted by Crippen LogP contribution is 2.31. The summed E-state index contributed by atoms with van der Waals surface area (Å²) in [7, 11) is 3.31. The second-order valence-corrected chi connectivity index (χ2v) is 6.79. The summed E-state index contributed by atoms with van der Waals surface area (Å²) in [5, 5.41) is 2.93. The molecule has 0 radical (unpaired) electrons. The van der Waals surface area contributed by atoms with E-state index < -0.39 is 0 Å². The van der Waals surface area contributed by atoms with E-state index in [0.717, 1.165) is 42.0 Å². The van der Waals surface area contributed by atoms with Gasteiger partial charge in [-0.3, -0.25) is 4.79 Å². The fourth-order valence-corrected chi connectivity index (χ4v) is 3.68. The van der Waals surface area contributed by atoms with Gasteiger partial charge in [-0.1, -0.05) is 12.1 Å². The molecule has 144 valence electrons. The molecule has 1 saturated heterocycles. The van der Waals surface area contributed by atoms with Crippen molar-refractivity contribution in [3.05, 3.63) is 59.4 Å². The van der Waals surface area contributed by atoms with Crippen LogP contribution in [-0.4, -0.2) is 33.2 Å². The minimum atomic E-state index is -0.276. The highest BCUT2D eigenvalue weighted by molar-refractivity contribution is 5.76. The van der Waals surface area contributed by atoms with Crippen molar-refractivity contribution in [3.8, 4) is 11.5 Å². The molecule has 0 aliphatic carbocycles. The first kappa shape index (κ1) is 19.2. The molecular formula is C21H26FN2O3+. The third-order valence-electron chi connectivity index (χ3n) is 5.09. The van der Waals surface area contributed by atoms with Gasteiger partial charge in [-0.05, 0) is 35.9 Å². The molecule has 27 heavy (non-hydrogen) atoms. The third kappa shape index (κ3) is 4.77. The minimum Gasteiger partial charge on any atom is -0.497 e. The molecule has 1 aliphatic heterocycles. The monoisotopic (exact) mass is 373 g/mol. The Morgan fingerprint density at radius 2 is 1.96 bits per heavy atom. The average Bonchev–Trinajstić information content (AvgIpc) is 3.14. The van der Waals surface area contributed by atoms with Crippen molar-refractivity contribution in [1.82, 2.24) is 5.32 Å². The number of halogens is 1. The van der Waals surface area contributed by atoms with Crippen molar-refractivity contribution >= 4 is 5.91 Å². The highest BCUT2D eigenvalue weighted by atomic mass is 19.1. The van der Waals surface area contributed by atoms with Crippen LogP contribution in [-0.2, 0) is 11.3 Å². The first-order valence-corrected chi connectivity index (χ1v) is 9.18. The van der Waals surface area contributed by atoms with Gasteiger partial charge in [-0.25, -0.2) is 4.39 Å². The van der Waals surface area contributed by atoms with Gasteiger partial charge in [0.05, 0.1) is 26.3 Å². The SMILES string of the molecule is COc1ccc(OC)c([C@@H]2CCC[NH+]2CC(=O)NCc2ccc(F)cc2)c1. The molecule has 2 N–H and O–H groups in total. The van der Waals surface area contributed by atoms with E-state index in [9.17, 15) is 9.18 Å². The van der Waals surface area contributed by atoms with Gasteiger partial charge in [0.2, 0.25) is 0 Å². The predicted molar refractivity (Wildman–Crippen MR) is 100 cm³/mol. The van der Waals surface area contributed by atoms with Crippen molar-refractivity contribution in [2.24, 2.45) is 0 Å². The Hall–Kier alpha value is -2.60. The number of likely N-dealkylation sites (tertiary alicyclic amines) is 1. The number of rotatable bonds is 7. The summed E-state index contributed by atoms with van der Waals surface area (Å²) >= 11 is 0. The van der Waals surface area contributed by atoms with Gasteiger partial charge < -0.3 is 19.7 Å². The predicted octanol–water partition coefficient (Wildman–Crippen LogP) is 1.88. The zero-order chi connectivity index (χ0) is 19.2. The number of benzene rings is 2. The molecule has 0 bridgehead atoms. The molecule has 2 aromatic rings. The summed E-state index contributed by atoms with van der Waals surface area (Å²) in [6.07, 6.45) is 2.07. The maximum atomic E-state index is 13.0. The molecule has 3 rings (SSSR count). The smallest absolute Gasteiger partial charge is 0.275 e. The molecule has 6 heteroatoms. The van der Waals surface area contributed by atoms with Gasteiger partial charge >= 0.3 is 0 Å². The van der Waals surface area contributed by atoms with Crippen LogP contribution in [0.15, 0.2) is 42.5 Å². The Morgan fingerprint density at radius 1 is 1.19 bits per heavy atom. The van der Waals surface area contributed by atoms with Crippen LogP contribution < -0.4 is 19.7 Å². The molecule has 5 nitrogen and oxygen atoms in total. The van der Waals surface area contributed by atoms with E-state index in [-0.39, 0.29) is 17.8 Å². The Morgan fingerprint density at radius 3 is 2.67 bits per heavy atom. The van der Waals surface area contributed by atoms with E-state index in [2.05, 4.69) is 5.32 Å². The van der Waals surface area contributed by atoms with Crippen LogP contribution in [0.3, 0.4) is 0 Å². The number of quaternary nitrogens is 1. The number of hydrogen-bond acceptors (Lipinski definition) is 3. The topological polar surface area (TPSA) is 52.0 Å². The summed E-state index contributed by atoms with van der Waals surface area (Å²) in [6.45, 7) is 1.74. The first-order chi connectivity index (χ1) is 13.1. The van der Waals surface area contributed by atoms with Crippen LogP contribution in [0.2, 0.25) is 0 Å². The van der Waals surface area contributed by atoms with E-state index in [0.29, 0.717) is 13.1 Å². The lowest BCUT2D eigenvalue weighted by molar-refractivity contribution is -0.910. The van der Waals surface area contributed by atoms with E-state index >= 15 is 0 Å². The summed E-state index contributed by atoms with van der Waals surface area (Å²) in [5.74, 6) is 1.33. The summed E-state index contributed by atoms with van der Waals surface area (Å²) < 4.78 is 23.8. The number of ether oxygens (including phenoxy) is 2. The van der Waals surface area contributed by atoms with Crippen LogP contribution in [0.4, 0.5) is 4.39 Å². The molecule has 0 spiro atoms. The molecule has 1 heterocycles. The number of carbonyl (C=O) groups is 1. The second kappa shape index (κ2) is 8.86. The standard InChI is InChI=1S/C21H25FN2O3/c1-26-17-9-10-20(27-2)18(12-17)19-4-3-11-24(19)14-21(25)23-13-15-5-7-16(22)8-6-15/h5-10,12,19H,3-4,11,13-14H2,1-2H3,(H,23,25)/p+1/t19-/m0/s1. The Labute approximate surface area is 159 Å². The second-order valence-electron chi connectivity index (χ2n) is 6.79. The van der Waals surface area contributed by atoms with Crippen molar-refractivity contribution in [2.45, 2.75) is 25.4 Å². The molecular weight excluding hydrogens is 347 g/mol. The Balaban J connectivity index is 1.64. The van der Waals surface area contributed by atoms with Gasteiger partial charge in [-0.2, -0.15) is 0 Å². The van der Waals surface area contributed by atoms with Gasteiger partial charge in [0, 0.05) is 19.4 Å². The lowest BCUT2D eigenvalue weighted by Gasteiger charge is -2.23. The minimum absolute atomic E-state index is 0.0110. The zero-order valence-electron chi connectivity index (χ0n) is 15.8. The van der Waals surface area contributed by atoms with Crippen molar-refractivity contribution in [1.29, 1.82) is 0 Å². The molecule has 0 saturated carbocycles. The normalized spacial score (nSPS) is 18.9. The number of nitrogens with one attached hydrogen (secondary N) is 2. The summed E-state index contributed by atoms with van der Waals surface area (Å²) in [4.78, 5) is 13.7. The fourth-order valence-electron chi connectivity index (χ4n) is 3.68. The van der Waals surface area contributed by atoms with E-state index in [1.807, 2.05) is 18.2 Å². The molecule has 2 atom stereocenters. The van der Waals surface area contributed by atoms with Crippen LogP contribution in [0.1, 0.15) is 30.0 Å². The maximum Gasteiger partial charge on any atom is 0.275 e. The lowest BCUT2D eigenvalue weighted by atomic mass is 10.0. The Kier molecular flexibility index (Phi) is 6.29. The lowest BCUT2D eigenvalue weighted by Crippen LogP contribution is -3.11. The van der Waals surface area contributed by atoms with Gasteiger partial charge in [0.25, 0.3) is 5.91 Å². The third-order valence-corrected chi connectivity index (χ3v) is 5.09.